The van der Waals surface area contributed by atoms with Gasteiger partial charge < -0.3 is 14.4 Å². The number of methoxy groups -OCH3 is 1. The summed E-state index contributed by atoms with van der Waals surface area (Å²) in [4.78, 5) is 17.6. The molecule has 0 spiro atoms. The van der Waals surface area contributed by atoms with Gasteiger partial charge in [-0.05, 0) is 63.7 Å². The topological polar surface area (TPSA) is 42.0 Å². The fourth-order valence-corrected chi connectivity index (χ4v) is 4.99. The zero-order chi connectivity index (χ0) is 21.8. The highest BCUT2D eigenvalue weighted by molar-refractivity contribution is 8.00. The number of fused-ring (bicyclic) bond motifs is 1. The molecule has 8 heteroatoms. The van der Waals surface area contributed by atoms with E-state index in [1.54, 1.807) is 30.7 Å². The number of ether oxygens (including phenoxy) is 2. The second kappa shape index (κ2) is 11.3. The highest BCUT2D eigenvalue weighted by Gasteiger charge is 2.36. The monoisotopic (exact) mass is 484 g/mol. The van der Waals surface area contributed by atoms with Crippen molar-refractivity contribution in [2.24, 2.45) is 0 Å². The summed E-state index contributed by atoms with van der Waals surface area (Å²) in [5, 5.41) is 0.418. The molecule has 2 aromatic carbocycles. The Hall–Kier alpha value is -1.60. The quantitative estimate of drug-likeness (QED) is 0.427. The van der Waals surface area contributed by atoms with Gasteiger partial charge in [0.2, 0.25) is 5.91 Å². The summed E-state index contributed by atoms with van der Waals surface area (Å²) in [5.41, 5.74) is 1.79. The van der Waals surface area contributed by atoms with Crippen LogP contribution in [-0.4, -0.2) is 44.2 Å². The molecule has 1 aliphatic rings. The Morgan fingerprint density at radius 1 is 1.26 bits per heavy atom. The van der Waals surface area contributed by atoms with Crippen LogP contribution < -0.4 is 14.4 Å². The number of benzene rings is 2. The summed E-state index contributed by atoms with van der Waals surface area (Å²) < 4.78 is 11.6. The van der Waals surface area contributed by atoms with Crippen LogP contribution in [0.5, 0.6) is 11.5 Å². The van der Waals surface area contributed by atoms with Gasteiger partial charge in [0, 0.05) is 35.0 Å². The summed E-state index contributed by atoms with van der Waals surface area (Å²) in [6.07, 6.45) is 0.921. The minimum absolute atomic E-state index is 0. The van der Waals surface area contributed by atoms with E-state index in [2.05, 4.69) is 25.8 Å². The largest absolute Gasteiger partial charge is 0.497 e. The average molecular weight is 485 g/mol. The van der Waals surface area contributed by atoms with E-state index in [9.17, 15) is 4.79 Å². The van der Waals surface area contributed by atoms with E-state index in [4.69, 9.17) is 21.1 Å². The molecule has 1 heterocycles. The molecule has 0 aliphatic carbocycles. The number of anilines is 1. The van der Waals surface area contributed by atoms with E-state index in [0.717, 1.165) is 40.6 Å². The van der Waals surface area contributed by atoms with E-state index in [0.29, 0.717) is 17.7 Å². The summed E-state index contributed by atoms with van der Waals surface area (Å²) in [6.45, 7) is 7.51. The molecule has 0 N–H and O–H groups in total. The molecule has 1 aliphatic heterocycles. The van der Waals surface area contributed by atoms with E-state index in [1.807, 2.05) is 36.4 Å². The number of amides is 1. The van der Waals surface area contributed by atoms with Gasteiger partial charge in [-0.15, -0.1) is 12.4 Å². The summed E-state index contributed by atoms with van der Waals surface area (Å²) in [6, 6.07) is 11.9. The SMILES string of the molecule is COc1ccc(OCCCN(C)C(C)C)c(C2Sc3cc(Cl)ccc3N2C(C)=O)c1.Cl. The smallest absolute Gasteiger partial charge is 0.225 e. The first-order valence-corrected chi connectivity index (χ1v) is 11.3. The number of hydrogen-bond acceptors (Lipinski definition) is 5. The van der Waals surface area contributed by atoms with E-state index in [1.165, 1.54) is 0 Å². The lowest BCUT2D eigenvalue weighted by molar-refractivity contribution is -0.116. The molecule has 5 nitrogen and oxygen atoms in total. The highest BCUT2D eigenvalue weighted by atomic mass is 35.5. The lowest BCUT2D eigenvalue weighted by Gasteiger charge is -2.26. The minimum Gasteiger partial charge on any atom is -0.497 e. The molecule has 2 aromatic rings. The van der Waals surface area contributed by atoms with Crippen molar-refractivity contribution in [1.82, 2.24) is 4.90 Å². The fourth-order valence-electron chi connectivity index (χ4n) is 3.35. The lowest BCUT2D eigenvalue weighted by atomic mass is 10.1. The molecule has 0 saturated carbocycles. The van der Waals surface area contributed by atoms with Crippen molar-refractivity contribution in [1.29, 1.82) is 0 Å². The predicted molar refractivity (Wildman–Crippen MR) is 131 cm³/mol. The highest BCUT2D eigenvalue weighted by Crippen LogP contribution is 2.54. The van der Waals surface area contributed by atoms with Crippen molar-refractivity contribution in [3.63, 3.8) is 0 Å². The molecule has 0 radical (unpaired) electrons. The van der Waals surface area contributed by atoms with Crippen LogP contribution in [0.25, 0.3) is 0 Å². The maximum atomic E-state index is 12.5. The van der Waals surface area contributed by atoms with Gasteiger partial charge in [-0.1, -0.05) is 23.4 Å². The van der Waals surface area contributed by atoms with Crippen LogP contribution in [0.2, 0.25) is 5.02 Å². The van der Waals surface area contributed by atoms with Gasteiger partial charge in [0.05, 0.1) is 19.4 Å². The number of halogens is 2. The van der Waals surface area contributed by atoms with Gasteiger partial charge in [-0.3, -0.25) is 9.69 Å². The molecule has 170 valence electrons. The molecule has 3 rings (SSSR count). The second-order valence-electron chi connectivity index (χ2n) is 7.65. The number of carbonyl (C=O) groups excluding carboxylic acids is 1. The van der Waals surface area contributed by atoms with Crippen LogP contribution >= 0.6 is 35.8 Å². The van der Waals surface area contributed by atoms with Gasteiger partial charge in [-0.2, -0.15) is 0 Å². The van der Waals surface area contributed by atoms with Crippen LogP contribution in [0.1, 0.15) is 38.1 Å². The van der Waals surface area contributed by atoms with Crippen molar-refractivity contribution in [3.8, 4) is 11.5 Å². The van der Waals surface area contributed by atoms with Crippen molar-refractivity contribution < 1.29 is 14.3 Å². The van der Waals surface area contributed by atoms with Crippen LogP contribution in [0, 0.1) is 0 Å². The third-order valence-corrected chi connectivity index (χ3v) is 6.78. The molecule has 0 aromatic heterocycles. The first-order valence-electron chi connectivity index (χ1n) is 10.1. The van der Waals surface area contributed by atoms with Crippen LogP contribution in [0.3, 0.4) is 0 Å². The van der Waals surface area contributed by atoms with Crippen molar-refractivity contribution in [2.75, 3.05) is 32.2 Å². The number of hydrogen-bond donors (Lipinski definition) is 0. The molecular formula is C23H30Cl2N2O3S. The molecular weight excluding hydrogens is 455 g/mol. The van der Waals surface area contributed by atoms with Gasteiger partial charge >= 0.3 is 0 Å². The van der Waals surface area contributed by atoms with Crippen molar-refractivity contribution in [2.45, 2.75) is 43.5 Å². The molecule has 0 saturated heterocycles. The predicted octanol–water partition coefficient (Wildman–Crippen LogP) is 6.04. The van der Waals surface area contributed by atoms with Crippen molar-refractivity contribution >= 4 is 47.4 Å². The molecule has 1 atom stereocenters. The Labute approximate surface area is 200 Å². The second-order valence-corrected chi connectivity index (χ2v) is 9.21. The average Bonchev–Trinajstić information content (AvgIpc) is 3.09. The summed E-state index contributed by atoms with van der Waals surface area (Å²) in [5.74, 6) is 1.47. The Balaban J connectivity index is 0.00000341. The third-order valence-electron chi connectivity index (χ3n) is 5.27. The van der Waals surface area contributed by atoms with Crippen LogP contribution in [0.15, 0.2) is 41.3 Å². The summed E-state index contributed by atoms with van der Waals surface area (Å²) in [7, 11) is 3.76. The molecule has 1 unspecified atom stereocenters. The number of nitrogens with zero attached hydrogens (tertiary/aromatic N) is 2. The fraction of sp³-hybridized carbons (Fsp3) is 0.435. The lowest BCUT2D eigenvalue weighted by Crippen LogP contribution is -2.29. The first kappa shape index (κ1) is 25.7. The van der Waals surface area contributed by atoms with Gasteiger partial charge in [0.1, 0.15) is 16.9 Å². The Morgan fingerprint density at radius 3 is 2.65 bits per heavy atom. The molecule has 1 amide bonds. The maximum absolute atomic E-state index is 12.5. The van der Waals surface area contributed by atoms with Crippen molar-refractivity contribution in [3.05, 3.63) is 47.0 Å². The van der Waals surface area contributed by atoms with Crippen LogP contribution in [0.4, 0.5) is 5.69 Å². The normalized spacial score (nSPS) is 15.1. The molecule has 0 fully saturated rings. The minimum atomic E-state index is -0.237. The van der Waals surface area contributed by atoms with Gasteiger partial charge in [-0.25, -0.2) is 0 Å². The zero-order valence-corrected chi connectivity index (χ0v) is 20.9. The van der Waals surface area contributed by atoms with Crippen LogP contribution in [-0.2, 0) is 4.79 Å². The zero-order valence-electron chi connectivity index (χ0n) is 18.6. The Morgan fingerprint density at radius 2 is 2.00 bits per heavy atom. The number of rotatable bonds is 8. The van der Waals surface area contributed by atoms with Gasteiger partial charge in [0.25, 0.3) is 0 Å². The maximum Gasteiger partial charge on any atom is 0.225 e. The van der Waals surface area contributed by atoms with E-state index in [-0.39, 0.29) is 23.7 Å². The van der Waals surface area contributed by atoms with E-state index < -0.39 is 0 Å². The number of thioether (sulfide) groups is 1. The third kappa shape index (κ3) is 6.01. The first-order chi connectivity index (χ1) is 14.3. The standard InChI is InChI=1S/C23H29ClN2O3S.ClH/c1-15(2)25(4)11-6-12-29-21-10-8-18(28-5)14-19(21)23-26(16(3)27)20-9-7-17(24)13-22(20)30-23;/h7-10,13-15,23H,6,11-12H2,1-5H3;1H. The Kier molecular flexibility index (Phi) is 9.37. The molecule has 31 heavy (non-hydrogen) atoms. The summed E-state index contributed by atoms with van der Waals surface area (Å²) >= 11 is 7.79. The Bertz CT molecular complexity index is 910. The number of carbonyl (C=O) groups is 1. The molecule has 0 bridgehead atoms. The van der Waals surface area contributed by atoms with Gasteiger partial charge in [0.15, 0.2) is 0 Å². The van der Waals surface area contributed by atoms with E-state index >= 15 is 0 Å².